The van der Waals surface area contributed by atoms with Crippen LogP contribution in [-0.4, -0.2) is 16.5 Å². The molecule has 4 nitrogen and oxygen atoms in total. The van der Waals surface area contributed by atoms with Crippen LogP contribution in [0, 0.1) is 11.3 Å². The quantitative estimate of drug-likeness (QED) is 0.883. The van der Waals surface area contributed by atoms with Gasteiger partial charge in [0.1, 0.15) is 6.54 Å². The molecule has 0 radical (unpaired) electrons. The Hall–Kier alpha value is -1.93. The molecule has 0 aliphatic carbocycles. The standard InChI is InChI=1S/C12H9BrN4/c13-11-3-1-2-9(6-11)10-7-16-12(17-8-10)15-5-4-14/h1-3,6-8H,5H2,(H,15,16,17). The van der Waals surface area contributed by atoms with Crippen molar-refractivity contribution in [3.63, 3.8) is 0 Å². The van der Waals surface area contributed by atoms with E-state index < -0.39 is 0 Å². The highest BCUT2D eigenvalue weighted by Gasteiger charge is 2.00. The first kappa shape index (κ1) is 11.6. The van der Waals surface area contributed by atoms with E-state index in [0.717, 1.165) is 15.6 Å². The zero-order valence-electron chi connectivity index (χ0n) is 8.89. The van der Waals surface area contributed by atoms with Crippen molar-refractivity contribution in [2.24, 2.45) is 0 Å². The van der Waals surface area contributed by atoms with Crippen LogP contribution in [-0.2, 0) is 0 Å². The van der Waals surface area contributed by atoms with Gasteiger partial charge in [-0.05, 0) is 17.7 Å². The summed E-state index contributed by atoms with van der Waals surface area (Å²) in [5, 5.41) is 11.2. The predicted octanol–water partition coefficient (Wildman–Crippen LogP) is 2.84. The van der Waals surface area contributed by atoms with Crippen molar-refractivity contribution in [3.8, 4) is 17.2 Å². The molecule has 1 N–H and O–H groups in total. The van der Waals surface area contributed by atoms with Crippen LogP contribution in [0.1, 0.15) is 0 Å². The first-order chi connectivity index (χ1) is 8.29. The van der Waals surface area contributed by atoms with Gasteiger partial charge >= 0.3 is 0 Å². The predicted molar refractivity (Wildman–Crippen MR) is 69.3 cm³/mol. The normalized spacial score (nSPS) is 9.65. The van der Waals surface area contributed by atoms with E-state index >= 15 is 0 Å². The molecule has 0 saturated heterocycles. The van der Waals surface area contributed by atoms with E-state index in [2.05, 4.69) is 31.2 Å². The number of aromatic nitrogens is 2. The van der Waals surface area contributed by atoms with Crippen LogP contribution in [0.25, 0.3) is 11.1 Å². The van der Waals surface area contributed by atoms with E-state index in [9.17, 15) is 0 Å². The lowest BCUT2D eigenvalue weighted by Gasteiger charge is -2.03. The van der Waals surface area contributed by atoms with Crippen LogP contribution in [0.4, 0.5) is 5.95 Å². The van der Waals surface area contributed by atoms with Crippen LogP contribution in [0.3, 0.4) is 0 Å². The number of nitrogens with one attached hydrogen (secondary N) is 1. The fourth-order valence-electron chi connectivity index (χ4n) is 1.36. The van der Waals surface area contributed by atoms with Crippen LogP contribution in [0.2, 0.25) is 0 Å². The summed E-state index contributed by atoms with van der Waals surface area (Å²) in [7, 11) is 0. The number of hydrogen-bond donors (Lipinski definition) is 1. The van der Waals surface area contributed by atoms with Crippen LogP contribution >= 0.6 is 15.9 Å². The van der Waals surface area contributed by atoms with Crippen LogP contribution < -0.4 is 5.32 Å². The second-order valence-electron chi connectivity index (χ2n) is 3.32. The minimum Gasteiger partial charge on any atom is -0.341 e. The molecule has 5 heteroatoms. The lowest BCUT2D eigenvalue weighted by molar-refractivity contribution is 1.12. The Balaban J connectivity index is 2.21. The zero-order valence-corrected chi connectivity index (χ0v) is 10.5. The van der Waals surface area contributed by atoms with Crippen LogP contribution in [0.15, 0.2) is 41.1 Å². The molecule has 0 fully saturated rings. The molecular weight excluding hydrogens is 280 g/mol. The van der Waals surface area contributed by atoms with Gasteiger partial charge in [0.05, 0.1) is 6.07 Å². The molecule has 0 saturated carbocycles. The number of rotatable bonds is 3. The van der Waals surface area contributed by atoms with Gasteiger partial charge in [-0.15, -0.1) is 0 Å². The van der Waals surface area contributed by atoms with Crippen molar-refractivity contribution < 1.29 is 0 Å². The Morgan fingerprint density at radius 1 is 1.24 bits per heavy atom. The Morgan fingerprint density at radius 3 is 2.65 bits per heavy atom. The van der Waals surface area contributed by atoms with E-state index in [0.29, 0.717) is 5.95 Å². The lowest BCUT2D eigenvalue weighted by atomic mass is 10.1. The van der Waals surface area contributed by atoms with Crippen molar-refractivity contribution in [2.45, 2.75) is 0 Å². The first-order valence-corrected chi connectivity index (χ1v) is 5.78. The SMILES string of the molecule is N#CCNc1ncc(-c2cccc(Br)c2)cn1. The third kappa shape index (κ3) is 3.02. The molecule has 0 bridgehead atoms. The Morgan fingerprint density at radius 2 is 2.00 bits per heavy atom. The number of benzene rings is 1. The van der Waals surface area contributed by atoms with Crippen LogP contribution in [0.5, 0.6) is 0 Å². The summed E-state index contributed by atoms with van der Waals surface area (Å²) in [4.78, 5) is 8.27. The van der Waals surface area contributed by atoms with Crippen molar-refractivity contribution >= 4 is 21.9 Å². The lowest BCUT2D eigenvalue weighted by Crippen LogP contribution is -2.02. The molecule has 2 rings (SSSR count). The minimum atomic E-state index is 0.205. The summed E-state index contributed by atoms with van der Waals surface area (Å²) < 4.78 is 1.02. The summed E-state index contributed by atoms with van der Waals surface area (Å²) in [5.41, 5.74) is 1.99. The summed E-state index contributed by atoms with van der Waals surface area (Å²) in [5.74, 6) is 0.463. The second kappa shape index (κ2) is 5.41. The van der Waals surface area contributed by atoms with Gasteiger partial charge in [0, 0.05) is 22.4 Å². The van der Waals surface area contributed by atoms with E-state index in [4.69, 9.17) is 5.26 Å². The molecule has 1 aromatic heterocycles. The molecular formula is C12H9BrN4. The van der Waals surface area contributed by atoms with E-state index in [-0.39, 0.29) is 6.54 Å². The summed E-state index contributed by atoms with van der Waals surface area (Å²) in [6, 6.07) is 9.89. The largest absolute Gasteiger partial charge is 0.341 e. The maximum atomic E-state index is 8.42. The first-order valence-electron chi connectivity index (χ1n) is 4.98. The number of halogens is 1. The van der Waals surface area contributed by atoms with Gasteiger partial charge in [-0.2, -0.15) is 5.26 Å². The summed E-state index contributed by atoms with van der Waals surface area (Å²) in [6.07, 6.45) is 3.46. The minimum absolute atomic E-state index is 0.205. The summed E-state index contributed by atoms with van der Waals surface area (Å²) >= 11 is 3.42. The molecule has 0 unspecified atom stereocenters. The number of nitriles is 1. The van der Waals surface area contributed by atoms with Gasteiger partial charge < -0.3 is 5.32 Å². The third-order valence-electron chi connectivity index (χ3n) is 2.14. The smallest absolute Gasteiger partial charge is 0.223 e. The summed E-state index contributed by atoms with van der Waals surface area (Å²) in [6.45, 7) is 0.205. The highest BCUT2D eigenvalue weighted by molar-refractivity contribution is 9.10. The number of hydrogen-bond acceptors (Lipinski definition) is 4. The van der Waals surface area contributed by atoms with E-state index in [1.807, 2.05) is 30.3 Å². The Labute approximate surface area is 107 Å². The second-order valence-corrected chi connectivity index (χ2v) is 4.23. The van der Waals surface area contributed by atoms with Crippen molar-refractivity contribution in [2.75, 3.05) is 11.9 Å². The number of nitrogens with zero attached hydrogens (tertiary/aromatic N) is 3. The van der Waals surface area contributed by atoms with Gasteiger partial charge in [-0.25, -0.2) is 9.97 Å². The van der Waals surface area contributed by atoms with Gasteiger partial charge in [-0.1, -0.05) is 28.1 Å². The molecule has 0 aliphatic heterocycles. The molecule has 1 aromatic carbocycles. The van der Waals surface area contributed by atoms with Gasteiger partial charge in [0.25, 0.3) is 0 Å². The average Bonchev–Trinajstić information content (AvgIpc) is 2.37. The van der Waals surface area contributed by atoms with E-state index in [1.165, 1.54) is 0 Å². The van der Waals surface area contributed by atoms with Crippen molar-refractivity contribution in [3.05, 3.63) is 41.1 Å². The molecule has 0 amide bonds. The molecule has 0 atom stereocenters. The van der Waals surface area contributed by atoms with Gasteiger partial charge in [0.2, 0.25) is 5.95 Å². The molecule has 84 valence electrons. The van der Waals surface area contributed by atoms with Gasteiger partial charge in [0.15, 0.2) is 0 Å². The van der Waals surface area contributed by atoms with Gasteiger partial charge in [-0.3, -0.25) is 0 Å². The highest BCUT2D eigenvalue weighted by Crippen LogP contribution is 2.21. The van der Waals surface area contributed by atoms with Crippen molar-refractivity contribution in [1.29, 1.82) is 5.26 Å². The Kier molecular flexibility index (Phi) is 3.68. The molecule has 17 heavy (non-hydrogen) atoms. The van der Waals surface area contributed by atoms with Crippen molar-refractivity contribution in [1.82, 2.24) is 9.97 Å². The maximum absolute atomic E-state index is 8.42. The topological polar surface area (TPSA) is 61.6 Å². The molecule has 0 spiro atoms. The Bertz CT molecular complexity index is 545. The maximum Gasteiger partial charge on any atom is 0.223 e. The molecule has 2 aromatic rings. The fourth-order valence-corrected chi connectivity index (χ4v) is 1.75. The molecule has 1 heterocycles. The molecule has 0 aliphatic rings. The fraction of sp³-hybridized carbons (Fsp3) is 0.0833. The third-order valence-corrected chi connectivity index (χ3v) is 2.63. The number of anilines is 1. The zero-order chi connectivity index (χ0) is 12.1. The van der Waals surface area contributed by atoms with E-state index in [1.54, 1.807) is 12.4 Å². The average molecular weight is 289 g/mol. The highest BCUT2D eigenvalue weighted by atomic mass is 79.9. The monoisotopic (exact) mass is 288 g/mol.